The second-order valence-electron chi connectivity index (χ2n) is 4.92. The van der Waals surface area contributed by atoms with Crippen LogP contribution in [0.5, 0.6) is 0 Å². The molecule has 0 atom stereocenters. The lowest BCUT2D eigenvalue weighted by atomic mass is 10.2. The van der Waals surface area contributed by atoms with Crippen LogP contribution in [0.3, 0.4) is 0 Å². The fourth-order valence-electron chi connectivity index (χ4n) is 2.14. The van der Waals surface area contributed by atoms with E-state index in [-0.39, 0.29) is 0 Å². The van der Waals surface area contributed by atoms with E-state index in [4.69, 9.17) is 11.6 Å². The second-order valence-corrected chi connectivity index (χ2v) is 5.28. The number of halogens is 1. The van der Waals surface area contributed by atoms with Crippen molar-refractivity contribution in [2.75, 3.05) is 38.1 Å². The van der Waals surface area contributed by atoms with Crippen LogP contribution in [0.4, 0.5) is 5.95 Å². The molecule has 108 valence electrons. The lowest BCUT2D eigenvalue weighted by Crippen LogP contribution is -2.45. The summed E-state index contributed by atoms with van der Waals surface area (Å²) in [7, 11) is 2.12. The van der Waals surface area contributed by atoms with Crippen molar-refractivity contribution in [3.8, 4) is 0 Å². The minimum Gasteiger partial charge on any atom is -0.338 e. The van der Waals surface area contributed by atoms with Gasteiger partial charge in [-0.3, -0.25) is 0 Å². The fraction of sp³-hybridized carbons (Fsp3) is 0.467. The highest BCUT2D eigenvalue weighted by molar-refractivity contribution is 6.31. The van der Waals surface area contributed by atoms with Crippen LogP contribution in [-0.4, -0.2) is 48.1 Å². The highest BCUT2D eigenvalue weighted by Crippen LogP contribution is 2.23. The predicted molar refractivity (Wildman–Crippen MR) is 86.2 cm³/mol. The van der Waals surface area contributed by atoms with E-state index in [0.29, 0.717) is 11.1 Å². The van der Waals surface area contributed by atoms with Gasteiger partial charge in [-0.15, -0.1) is 0 Å². The molecule has 1 aromatic rings. The number of anilines is 1. The molecule has 1 aromatic heterocycles. The average Bonchev–Trinajstić information content (AvgIpc) is 2.46. The van der Waals surface area contributed by atoms with Crippen molar-refractivity contribution in [2.45, 2.75) is 13.3 Å². The normalized spacial score (nSPS) is 16.9. The summed E-state index contributed by atoms with van der Waals surface area (Å²) in [5.74, 6) is 0.701. The molecule has 0 bridgehead atoms. The molecule has 0 saturated carbocycles. The Kier molecular flexibility index (Phi) is 5.15. The van der Waals surface area contributed by atoms with Crippen LogP contribution in [0.15, 0.2) is 12.7 Å². The molecule has 2 heterocycles. The van der Waals surface area contributed by atoms with Crippen molar-refractivity contribution in [3.05, 3.63) is 29.1 Å². The zero-order valence-corrected chi connectivity index (χ0v) is 12.9. The Bertz CT molecular complexity index is 505. The lowest BCUT2D eigenvalue weighted by Gasteiger charge is -2.32. The summed E-state index contributed by atoms with van der Waals surface area (Å²) in [5.41, 5.74) is 1.64. The van der Waals surface area contributed by atoms with Gasteiger partial charge in [-0.1, -0.05) is 37.3 Å². The van der Waals surface area contributed by atoms with Gasteiger partial charge in [-0.05, 0) is 19.5 Å². The van der Waals surface area contributed by atoms with Gasteiger partial charge in [0.05, 0.1) is 5.69 Å². The summed E-state index contributed by atoms with van der Waals surface area (Å²) < 4.78 is 0. The van der Waals surface area contributed by atoms with E-state index in [0.717, 1.165) is 43.9 Å². The zero-order valence-electron chi connectivity index (χ0n) is 12.1. The number of piperazine rings is 1. The smallest absolute Gasteiger partial charge is 0.227 e. The molecule has 5 heteroatoms. The largest absolute Gasteiger partial charge is 0.338 e. The number of likely N-dealkylation sites (N-methyl/N-ethyl adjacent to an activating group) is 1. The first-order chi connectivity index (χ1) is 9.65. The number of aromatic nitrogens is 2. The molecule has 2 rings (SSSR count). The second kappa shape index (κ2) is 6.86. The number of hydrogen-bond donors (Lipinski definition) is 0. The molecule has 0 aliphatic carbocycles. The summed E-state index contributed by atoms with van der Waals surface area (Å²) in [4.78, 5) is 13.5. The van der Waals surface area contributed by atoms with E-state index < -0.39 is 0 Å². The van der Waals surface area contributed by atoms with Crippen LogP contribution in [0.1, 0.15) is 24.6 Å². The number of nitrogens with zero attached hydrogens (tertiary/aromatic N) is 4. The van der Waals surface area contributed by atoms with Crippen LogP contribution in [0.2, 0.25) is 5.15 Å². The standard InChI is InChI=1S/C15H21ClN4/c1-4-6-7-12-13(5-2)17-15(18-14(12)16)20-10-8-19(3)9-11-20/h5-7H,2,4,8-11H2,1,3H3. The highest BCUT2D eigenvalue weighted by atomic mass is 35.5. The molecule has 20 heavy (non-hydrogen) atoms. The van der Waals surface area contributed by atoms with E-state index in [1.807, 2.05) is 12.2 Å². The summed E-state index contributed by atoms with van der Waals surface area (Å²) in [6.45, 7) is 9.79. The molecule has 0 N–H and O–H groups in total. The van der Waals surface area contributed by atoms with Gasteiger partial charge in [0, 0.05) is 31.7 Å². The first kappa shape index (κ1) is 15.0. The zero-order chi connectivity index (χ0) is 14.5. The molecule has 1 aliphatic rings. The molecule has 1 aliphatic heterocycles. The Hall–Kier alpha value is -1.39. The van der Waals surface area contributed by atoms with Gasteiger partial charge in [0.1, 0.15) is 5.15 Å². The van der Waals surface area contributed by atoms with Crippen LogP contribution >= 0.6 is 11.6 Å². The quantitative estimate of drug-likeness (QED) is 0.799. The summed E-state index contributed by atoms with van der Waals surface area (Å²) in [6, 6.07) is 0. The van der Waals surface area contributed by atoms with E-state index in [9.17, 15) is 0 Å². The summed E-state index contributed by atoms with van der Waals surface area (Å²) in [6.07, 6.45) is 6.70. The maximum Gasteiger partial charge on any atom is 0.227 e. The number of rotatable bonds is 4. The molecule has 0 aromatic carbocycles. The van der Waals surface area contributed by atoms with Gasteiger partial charge in [-0.2, -0.15) is 0 Å². The van der Waals surface area contributed by atoms with E-state index in [2.05, 4.69) is 40.3 Å². The van der Waals surface area contributed by atoms with Crippen molar-refractivity contribution < 1.29 is 0 Å². The molecular formula is C15H21ClN4. The van der Waals surface area contributed by atoms with Crippen molar-refractivity contribution >= 4 is 29.7 Å². The predicted octanol–water partition coefficient (Wildman–Crippen LogP) is 2.95. The third kappa shape index (κ3) is 3.38. The fourth-order valence-corrected chi connectivity index (χ4v) is 2.38. The Morgan fingerprint density at radius 3 is 2.55 bits per heavy atom. The summed E-state index contributed by atoms with van der Waals surface area (Å²) in [5, 5.41) is 0.494. The van der Waals surface area contributed by atoms with Crippen molar-refractivity contribution in [3.63, 3.8) is 0 Å². The van der Waals surface area contributed by atoms with E-state index in [1.54, 1.807) is 6.08 Å². The Balaban J connectivity index is 2.30. The molecule has 1 saturated heterocycles. The van der Waals surface area contributed by atoms with Gasteiger partial charge in [-0.25, -0.2) is 9.97 Å². The maximum absolute atomic E-state index is 6.31. The molecule has 0 unspecified atom stereocenters. The minimum atomic E-state index is 0.494. The first-order valence-electron chi connectivity index (χ1n) is 6.95. The van der Waals surface area contributed by atoms with Crippen molar-refractivity contribution in [1.82, 2.24) is 14.9 Å². The minimum absolute atomic E-state index is 0.494. The van der Waals surface area contributed by atoms with Crippen LogP contribution in [0.25, 0.3) is 12.2 Å². The highest BCUT2D eigenvalue weighted by Gasteiger charge is 2.18. The molecule has 0 amide bonds. The Morgan fingerprint density at radius 2 is 1.95 bits per heavy atom. The molecular weight excluding hydrogens is 272 g/mol. The molecule has 4 nitrogen and oxygen atoms in total. The van der Waals surface area contributed by atoms with E-state index in [1.165, 1.54) is 0 Å². The number of allylic oxidation sites excluding steroid dienone is 1. The van der Waals surface area contributed by atoms with Gasteiger partial charge in [0.2, 0.25) is 5.95 Å². The third-order valence-corrected chi connectivity index (χ3v) is 3.70. The maximum atomic E-state index is 6.31. The molecule has 1 fully saturated rings. The third-order valence-electron chi connectivity index (χ3n) is 3.42. The van der Waals surface area contributed by atoms with Crippen molar-refractivity contribution in [1.29, 1.82) is 0 Å². The van der Waals surface area contributed by atoms with Gasteiger partial charge < -0.3 is 9.80 Å². The average molecular weight is 293 g/mol. The monoisotopic (exact) mass is 292 g/mol. The Labute approximate surface area is 125 Å². The topological polar surface area (TPSA) is 32.3 Å². The SMILES string of the molecule is C=Cc1nc(N2CCN(C)CC2)nc(Cl)c1C=CCC. The molecule has 0 radical (unpaired) electrons. The van der Waals surface area contributed by atoms with Crippen LogP contribution < -0.4 is 4.90 Å². The van der Waals surface area contributed by atoms with Gasteiger partial charge in [0.25, 0.3) is 0 Å². The number of hydrogen-bond acceptors (Lipinski definition) is 4. The van der Waals surface area contributed by atoms with E-state index >= 15 is 0 Å². The van der Waals surface area contributed by atoms with Gasteiger partial charge >= 0.3 is 0 Å². The Morgan fingerprint density at radius 1 is 1.25 bits per heavy atom. The molecule has 0 spiro atoms. The van der Waals surface area contributed by atoms with Crippen LogP contribution in [-0.2, 0) is 0 Å². The summed E-state index contributed by atoms with van der Waals surface area (Å²) >= 11 is 6.31. The first-order valence-corrected chi connectivity index (χ1v) is 7.33. The van der Waals surface area contributed by atoms with Crippen molar-refractivity contribution in [2.24, 2.45) is 0 Å². The van der Waals surface area contributed by atoms with Crippen LogP contribution in [0, 0.1) is 0 Å². The van der Waals surface area contributed by atoms with Gasteiger partial charge in [0.15, 0.2) is 0 Å². The lowest BCUT2D eigenvalue weighted by molar-refractivity contribution is 0.311.